The summed E-state index contributed by atoms with van der Waals surface area (Å²) >= 11 is 1.68. The molecular formula is C12H19N5OS. The van der Waals surface area contributed by atoms with E-state index in [4.69, 9.17) is 4.74 Å². The fourth-order valence-corrected chi connectivity index (χ4v) is 2.63. The van der Waals surface area contributed by atoms with Crippen LogP contribution in [-0.2, 0) is 4.74 Å². The molecule has 0 amide bonds. The van der Waals surface area contributed by atoms with E-state index in [0.717, 1.165) is 12.4 Å². The van der Waals surface area contributed by atoms with E-state index < -0.39 is 0 Å². The number of nitrogens with one attached hydrogen (secondary N) is 1. The quantitative estimate of drug-likeness (QED) is 0.782. The van der Waals surface area contributed by atoms with E-state index in [1.165, 1.54) is 5.56 Å². The molecule has 2 rings (SSSR count). The maximum atomic E-state index is 5.03. The van der Waals surface area contributed by atoms with Crippen molar-refractivity contribution in [1.29, 1.82) is 0 Å². The van der Waals surface area contributed by atoms with Crippen LogP contribution >= 0.6 is 11.3 Å². The molecule has 0 bridgehead atoms. The van der Waals surface area contributed by atoms with Crippen LogP contribution in [0, 0.1) is 0 Å². The first kappa shape index (κ1) is 14.1. The van der Waals surface area contributed by atoms with Crippen LogP contribution in [0.25, 0.3) is 0 Å². The smallest absolute Gasteiger partial charge is 0.168 e. The SMILES string of the molecule is COCCNC(C)c1nnnn1C(C)c1ccsc1. The van der Waals surface area contributed by atoms with Crippen molar-refractivity contribution in [3.63, 3.8) is 0 Å². The van der Waals surface area contributed by atoms with Gasteiger partial charge in [-0.25, -0.2) is 4.68 Å². The predicted molar refractivity (Wildman–Crippen MR) is 74.2 cm³/mol. The summed E-state index contributed by atoms with van der Waals surface area (Å²) < 4.78 is 6.89. The zero-order valence-electron chi connectivity index (χ0n) is 11.4. The lowest BCUT2D eigenvalue weighted by atomic mass is 10.2. The Balaban J connectivity index is 2.08. The van der Waals surface area contributed by atoms with Gasteiger partial charge in [-0.2, -0.15) is 11.3 Å². The van der Waals surface area contributed by atoms with Crippen LogP contribution in [0.4, 0.5) is 0 Å². The molecule has 0 saturated carbocycles. The third kappa shape index (κ3) is 3.37. The molecule has 0 aliphatic carbocycles. The zero-order valence-corrected chi connectivity index (χ0v) is 12.2. The molecule has 1 N–H and O–H groups in total. The molecular weight excluding hydrogens is 262 g/mol. The van der Waals surface area contributed by atoms with Crippen molar-refractivity contribution in [2.24, 2.45) is 0 Å². The van der Waals surface area contributed by atoms with E-state index in [0.29, 0.717) is 6.61 Å². The highest BCUT2D eigenvalue weighted by molar-refractivity contribution is 7.07. The maximum Gasteiger partial charge on any atom is 0.168 e. The van der Waals surface area contributed by atoms with E-state index in [1.807, 2.05) is 4.68 Å². The first-order chi connectivity index (χ1) is 9.24. The van der Waals surface area contributed by atoms with Crippen LogP contribution in [0.1, 0.15) is 37.3 Å². The number of rotatable bonds is 7. The molecule has 7 heteroatoms. The largest absolute Gasteiger partial charge is 0.383 e. The standard InChI is InChI=1S/C12H19N5OS/c1-9(13-5-6-18-3)12-14-15-16-17(12)10(2)11-4-7-19-8-11/h4,7-10,13H,5-6H2,1-3H3. The monoisotopic (exact) mass is 281 g/mol. The Morgan fingerprint density at radius 1 is 1.47 bits per heavy atom. The summed E-state index contributed by atoms with van der Waals surface area (Å²) in [6, 6.07) is 2.33. The van der Waals surface area contributed by atoms with Crippen LogP contribution in [0.15, 0.2) is 16.8 Å². The third-order valence-electron chi connectivity index (χ3n) is 3.05. The highest BCUT2D eigenvalue weighted by Gasteiger charge is 2.19. The average molecular weight is 281 g/mol. The fourth-order valence-electron chi connectivity index (χ4n) is 1.88. The first-order valence-corrected chi connectivity index (χ1v) is 7.20. The van der Waals surface area contributed by atoms with Gasteiger partial charge in [0, 0.05) is 13.7 Å². The molecule has 0 saturated heterocycles. The van der Waals surface area contributed by atoms with Gasteiger partial charge >= 0.3 is 0 Å². The van der Waals surface area contributed by atoms with Gasteiger partial charge in [-0.3, -0.25) is 0 Å². The summed E-state index contributed by atoms with van der Waals surface area (Å²) in [6.07, 6.45) is 0. The first-order valence-electron chi connectivity index (χ1n) is 6.26. The van der Waals surface area contributed by atoms with Crippen LogP contribution in [0.2, 0.25) is 0 Å². The molecule has 6 nitrogen and oxygen atoms in total. The Labute approximate surface area is 116 Å². The number of ether oxygens (including phenoxy) is 1. The minimum absolute atomic E-state index is 0.0891. The van der Waals surface area contributed by atoms with Crippen LogP contribution in [0.5, 0.6) is 0 Å². The molecule has 104 valence electrons. The van der Waals surface area contributed by atoms with Crippen LogP contribution in [-0.4, -0.2) is 40.5 Å². The second-order valence-electron chi connectivity index (χ2n) is 4.38. The summed E-state index contributed by atoms with van der Waals surface area (Å²) in [5.74, 6) is 0.842. The summed E-state index contributed by atoms with van der Waals surface area (Å²) in [5.41, 5.74) is 1.22. The molecule has 0 aromatic carbocycles. The fraction of sp³-hybridized carbons (Fsp3) is 0.583. The Morgan fingerprint density at radius 3 is 3.00 bits per heavy atom. The lowest BCUT2D eigenvalue weighted by Gasteiger charge is -2.17. The number of hydrogen-bond donors (Lipinski definition) is 1. The van der Waals surface area contributed by atoms with Crippen molar-refractivity contribution < 1.29 is 4.74 Å². The molecule has 0 radical (unpaired) electrons. The summed E-state index contributed by atoms with van der Waals surface area (Å²) in [5, 5.41) is 19.6. The second-order valence-corrected chi connectivity index (χ2v) is 5.16. The maximum absolute atomic E-state index is 5.03. The molecule has 0 aliphatic heterocycles. The van der Waals surface area contributed by atoms with E-state index >= 15 is 0 Å². The molecule has 2 aromatic heterocycles. The number of hydrogen-bond acceptors (Lipinski definition) is 6. The molecule has 0 fully saturated rings. The normalized spacial score (nSPS) is 14.5. The number of aromatic nitrogens is 4. The van der Waals surface area contributed by atoms with Gasteiger partial charge in [0.1, 0.15) is 0 Å². The van der Waals surface area contributed by atoms with Gasteiger partial charge in [0.05, 0.1) is 18.7 Å². The van der Waals surface area contributed by atoms with Gasteiger partial charge in [-0.1, -0.05) is 0 Å². The third-order valence-corrected chi connectivity index (χ3v) is 3.76. The molecule has 2 heterocycles. The highest BCUT2D eigenvalue weighted by Crippen LogP contribution is 2.22. The van der Waals surface area contributed by atoms with Crippen LogP contribution < -0.4 is 5.32 Å². The Kier molecular flexibility index (Phi) is 5.00. The second kappa shape index (κ2) is 6.74. The minimum Gasteiger partial charge on any atom is -0.383 e. The molecule has 0 aliphatic rings. The van der Waals surface area contributed by atoms with Crippen molar-refractivity contribution in [1.82, 2.24) is 25.5 Å². The van der Waals surface area contributed by atoms with Gasteiger partial charge in [0.25, 0.3) is 0 Å². The predicted octanol–water partition coefficient (Wildman–Crippen LogP) is 1.64. The molecule has 2 unspecified atom stereocenters. The van der Waals surface area contributed by atoms with Gasteiger partial charge in [0.15, 0.2) is 5.82 Å². The van der Waals surface area contributed by atoms with Crippen molar-refractivity contribution in [2.45, 2.75) is 25.9 Å². The number of methoxy groups -OCH3 is 1. The molecule has 2 atom stereocenters. The van der Waals surface area contributed by atoms with E-state index in [2.05, 4.69) is 51.5 Å². The number of tetrazole rings is 1. The topological polar surface area (TPSA) is 64.9 Å². The molecule has 19 heavy (non-hydrogen) atoms. The van der Waals surface area contributed by atoms with E-state index in [1.54, 1.807) is 18.4 Å². The zero-order chi connectivity index (χ0) is 13.7. The van der Waals surface area contributed by atoms with Crippen molar-refractivity contribution in [2.75, 3.05) is 20.3 Å². The number of thiophene rings is 1. The van der Waals surface area contributed by atoms with Crippen molar-refractivity contribution in [3.05, 3.63) is 28.2 Å². The van der Waals surface area contributed by atoms with Gasteiger partial charge in [-0.15, -0.1) is 5.10 Å². The van der Waals surface area contributed by atoms with Gasteiger partial charge in [-0.05, 0) is 46.7 Å². The van der Waals surface area contributed by atoms with E-state index in [9.17, 15) is 0 Å². The van der Waals surface area contributed by atoms with Crippen LogP contribution in [0.3, 0.4) is 0 Å². The minimum atomic E-state index is 0.0891. The Morgan fingerprint density at radius 2 is 2.32 bits per heavy atom. The lowest BCUT2D eigenvalue weighted by molar-refractivity contribution is 0.195. The van der Waals surface area contributed by atoms with E-state index in [-0.39, 0.29) is 12.1 Å². The Hall–Kier alpha value is -1.31. The summed E-state index contributed by atoms with van der Waals surface area (Å²) in [4.78, 5) is 0. The highest BCUT2D eigenvalue weighted by atomic mass is 32.1. The summed E-state index contributed by atoms with van der Waals surface area (Å²) in [7, 11) is 1.69. The lowest BCUT2D eigenvalue weighted by Crippen LogP contribution is -2.26. The Bertz CT molecular complexity index is 484. The van der Waals surface area contributed by atoms with Crippen molar-refractivity contribution >= 4 is 11.3 Å². The summed E-state index contributed by atoms with van der Waals surface area (Å²) in [6.45, 7) is 5.60. The van der Waals surface area contributed by atoms with Gasteiger partial charge < -0.3 is 10.1 Å². The number of nitrogens with zero attached hydrogens (tertiary/aromatic N) is 4. The average Bonchev–Trinajstić information content (AvgIpc) is 3.09. The van der Waals surface area contributed by atoms with Gasteiger partial charge in [0.2, 0.25) is 0 Å². The molecule has 2 aromatic rings. The van der Waals surface area contributed by atoms with Crippen molar-refractivity contribution in [3.8, 4) is 0 Å². The molecule has 0 spiro atoms.